The van der Waals surface area contributed by atoms with Crippen LogP contribution in [0, 0.1) is 6.92 Å². The van der Waals surface area contributed by atoms with Crippen LogP contribution in [0.4, 0.5) is 0 Å². The Hall–Kier alpha value is -2.63. The number of hydrogen-bond donors (Lipinski definition) is 1. The molecule has 0 radical (unpaired) electrons. The molecule has 2 aromatic heterocycles. The molecule has 0 saturated heterocycles. The highest BCUT2D eigenvalue weighted by Gasteiger charge is 2.44. The van der Waals surface area contributed by atoms with Crippen molar-refractivity contribution in [3.05, 3.63) is 46.8 Å². The lowest BCUT2D eigenvalue weighted by atomic mass is 9.76. The van der Waals surface area contributed by atoms with Gasteiger partial charge in [0.05, 0.1) is 12.7 Å². The topological polar surface area (TPSA) is 81.2 Å². The first-order chi connectivity index (χ1) is 12.6. The van der Waals surface area contributed by atoms with Gasteiger partial charge in [0, 0.05) is 17.9 Å². The maximum Gasteiger partial charge on any atom is 0.225 e. The predicted octanol–water partition coefficient (Wildman–Crippen LogP) is 3.35. The third-order valence-electron chi connectivity index (χ3n) is 5.76. The number of carbonyl (C=O) groups excluding carboxylic acids is 1. The fourth-order valence-corrected chi connectivity index (χ4v) is 4.20. The zero-order chi connectivity index (χ0) is 17.7. The number of aromatic nitrogens is 2. The maximum atomic E-state index is 12.7. The summed E-state index contributed by atoms with van der Waals surface area (Å²) in [5.74, 6) is 1.08. The summed E-state index contributed by atoms with van der Waals surface area (Å²) in [7, 11) is 0. The average Bonchev–Trinajstić information content (AvgIpc) is 3.30. The quantitative estimate of drug-likeness (QED) is 0.779. The number of furan rings is 1. The van der Waals surface area contributed by atoms with Gasteiger partial charge in [-0.25, -0.2) is 0 Å². The molecule has 1 fully saturated rings. The third-order valence-corrected chi connectivity index (χ3v) is 5.76. The van der Waals surface area contributed by atoms with Crippen LogP contribution < -0.4 is 5.32 Å². The molecule has 3 aromatic rings. The molecular formula is C20H21N3O3. The molecule has 2 heterocycles. The number of benzene rings is 1. The van der Waals surface area contributed by atoms with Crippen molar-refractivity contribution in [1.29, 1.82) is 0 Å². The number of carbonyl (C=O) groups is 1. The van der Waals surface area contributed by atoms with E-state index in [0.717, 1.165) is 48.6 Å². The number of fused-ring (bicyclic) bond motifs is 2. The van der Waals surface area contributed by atoms with Crippen LogP contribution in [0.25, 0.3) is 11.0 Å². The number of rotatable bonds is 4. The van der Waals surface area contributed by atoms with Crippen molar-refractivity contribution in [2.45, 2.75) is 57.4 Å². The molecule has 1 saturated carbocycles. The number of amides is 1. The van der Waals surface area contributed by atoms with Gasteiger partial charge in [0.2, 0.25) is 11.8 Å². The lowest BCUT2D eigenvalue weighted by Crippen LogP contribution is -2.52. The van der Waals surface area contributed by atoms with E-state index in [1.54, 1.807) is 13.2 Å². The largest absolute Gasteiger partial charge is 0.464 e. The Morgan fingerprint density at radius 3 is 2.73 bits per heavy atom. The Bertz CT molecular complexity index is 997. The molecule has 1 N–H and O–H groups in total. The van der Waals surface area contributed by atoms with Crippen LogP contribution in [0.15, 0.2) is 27.3 Å². The molecule has 1 aromatic carbocycles. The fraction of sp³-hybridized carbons (Fsp3) is 0.450. The molecule has 5 rings (SSSR count). The molecule has 2 aliphatic rings. The first-order valence-corrected chi connectivity index (χ1v) is 9.27. The fourth-order valence-electron chi connectivity index (χ4n) is 4.20. The van der Waals surface area contributed by atoms with E-state index < -0.39 is 5.54 Å². The summed E-state index contributed by atoms with van der Waals surface area (Å²) in [5.41, 5.74) is 4.10. The van der Waals surface area contributed by atoms with Gasteiger partial charge in [-0.15, -0.1) is 0 Å². The van der Waals surface area contributed by atoms with Crippen molar-refractivity contribution in [3.63, 3.8) is 0 Å². The summed E-state index contributed by atoms with van der Waals surface area (Å²) < 4.78 is 10.8. The Morgan fingerprint density at radius 1 is 1.23 bits per heavy atom. The third kappa shape index (κ3) is 2.43. The summed E-state index contributed by atoms with van der Waals surface area (Å²) in [6.07, 6.45) is 8.18. The monoisotopic (exact) mass is 351 g/mol. The van der Waals surface area contributed by atoms with Crippen LogP contribution in [0.3, 0.4) is 0 Å². The molecule has 0 aliphatic heterocycles. The summed E-state index contributed by atoms with van der Waals surface area (Å²) in [6, 6.07) is 4.33. The molecule has 134 valence electrons. The molecule has 26 heavy (non-hydrogen) atoms. The minimum absolute atomic E-state index is 0.0321. The summed E-state index contributed by atoms with van der Waals surface area (Å²) in [5, 5.41) is 8.23. The highest BCUT2D eigenvalue weighted by atomic mass is 16.5. The predicted molar refractivity (Wildman–Crippen MR) is 94.6 cm³/mol. The van der Waals surface area contributed by atoms with Gasteiger partial charge in [0.15, 0.2) is 5.82 Å². The van der Waals surface area contributed by atoms with Crippen molar-refractivity contribution in [1.82, 2.24) is 15.5 Å². The Morgan fingerprint density at radius 2 is 2.04 bits per heavy atom. The van der Waals surface area contributed by atoms with Crippen LogP contribution in [0.1, 0.15) is 54.1 Å². The standard InChI is InChI=1S/C20H21N3O3/c1-12-21-19(23-26-12)20(6-3-7-20)22-18(24)10-15-11-25-17-9-14-5-2-4-13(14)8-16(15)17/h8-9,11H,2-7,10H2,1H3,(H,22,24). The minimum atomic E-state index is -0.477. The molecule has 0 unspecified atom stereocenters. The second-order valence-electron chi connectivity index (χ2n) is 7.53. The number of nitrogens with one attached hydrogen (secondary N) is 1. The summed E-state index contributed by atoms with van der Waals surface area (Å²) in [4.78, 5) is 17.1. The normalized spacial score (nSPS) is 17.9. The van der Waals surface area contributed by atoms with Crippen LogP contribution in [0.2, 0.25) is 0 Å². The van der Waals surface area contributed by atoms with Gasteiger partial charge >= 0.3 is 0 Å². The molecule has 6 heteroatoms. The Labute approximate surface area is 150 Å². The van der Waals surface area contributed by atoms with E-state index in [2.05, 4.69) is 27.6 Å². The maximum absolute atomic E-state index is 12.7. The van der Waals surface area contributed by atoms with Crippen molar-refractivity contribution in [2.75, 3.05) is 0 Å². The average molecular weight is 351 g/mol. The van der Waals surface area contributed by atoms with Crippen molar-refractivity contribution < 1.29 is 13.7 Å². The van der Waals surface area contributed by atoms with Gasteiger partial charge in [0.1, 0.15) is 11.1 Å². The highest BCUT2D eigenvalue weighted by molar-refractivity contribution is 5.89. The van der Waals surface area contributed by atoms with E-state index in [4.69, 9.17) is 8.94 Å². The van der Waals surface area contributed by atoms with Crippen LogP contribution in [-0.2, 0) is 29.6 Å². The van der Waals surface area contributed by atoms with Crippen LogP contribution >= 0.6 is 0 Å². The van der Waals surface area contributed by atoms with Crippen molar-refractivity contribution in [2.24, 2.45) is 0 Å². The number of nitrogens with zero attached hydrogens (tertiary/aromatic N) is 2. The Balaban J connectivity index is 1.38. The van der Waals surface area contributed by atoms with Crippen LogP contribution in [-0.4, -0.2) is 16.0 Å². The van der Waals surface area contributed by atoms with E-state index in [1.807, 2.05) is 0 Å². The first kappa shape index (κ1) is 15.6. The van der Waals surface area contributed by atoms with Crippen LogP contribution in [0.5, 0.6) is 0 Å². The number of aryl methyl sites for hydroxylation is 3. The SMILES string of the molecule is Cc1nc(C2(NC(=O)Cc3coc4cc5c(cc34)CCC5)CCC2)no1. The van der Waals surface area contributed by atoms with Gasteiger partial charge in [-0.05, 0) is 61.8 Å². The van der Waals surface area contributed by atoms with Gasteiger partial charge in [-0.2, -0.15) is 4.98 Å². The van der Waals surface area contributed by atoms with E-state index in [-0.39, 0.29) is 5.91 Å². The molecule has 0 atom stereocenters. The van der Waals surface area contributed by atoms with E-state index in [0.29, 0.717) is 18.1 Å². The van der Waals surface area contributed by atoms with E-state index in [9.17, 15) is 4.79 Å². The van der Waals surface area contributed by atoms with Crippen molar-refractivity contribution in [3.8, 4) is 0 Å². The van der Waals surface area contributed by atoms with E-state index in [1.165, 1.54) is 17.5 Å². The Kier molecular flexibility index (Phi) is 3.42. The molecular weight excluding hydrogens is 330 g/mol. The smallest absolute Gasteiger partial charge is 0.225 e. The molecule has 0 spiro atoms. The summed E-state index contributed by atoms with van der Waals surface area (Å²) in [6.45, 7) is 1.76. The second-order valence-corrected chi connectivity index (χ2v) is 7.53. The van der Waals surface area contributed by atoms with Gasteiger partial charge in [0.25, 0.3) is 0 Å². The van der Waals surface area contributed by atoms with Gasteiger partial charge in [-0.3, -0.25) is 4.79 Å². The molecule has 2 aliphatic carbocycles. The zero-order valence-electron chi connectivity index (χ0n) is 14.8. The first-order valence-electron chi connectivity index (χ1n) is 9.27. The zero-order valence-corrected chi connectivity index (χ0v) is 14.8. The molecule has 1 amide bonds. The second kappa shape index (κ2) is 5.69. The van der Waals surface area contributed by atoms with E-state index >= 15 is 0 Å². The number of hydrogen-bond acceptors (Lipinski definition) is 5. The van der Waals surface area contributed by atoms with Gasteiger partial charge < -0.3 is 14.3 Å². The summed E-state index contributed by atoms with van der Waals surface area (Å²) >= 11 is 0. The van der Waals surface area contributed by atoms with Crippen molar-refractivity contribution >= 4 is 16.9 Å². The van der Waals surface area contributed by atoms with Gasteiger partial charge in [-0.1, -0.05) is 5.16 Å². The lowest BCUT2D eigenvalue weighted by molar-refractivity contribution is -0.123. The molecule has 6 nitrogen and oxygen atoms in total. The minimum Gasteiger partial charge on any atom is -0.464 e. The highest BCUT2D eigenvalue weighted by Crippen LogP contribution is 2.40. The molecule has 0 bridgehead atoms. The lowest BCUT2D eigenvalue weighted by Gasteiger charge is -2.39.